The Hall–Kier alpha value is -1.30. The van der Waals surface area contributed by atoms with Crippen LogP contribution in [0.3, 0.4) is 0 Å². The quantitative estimate of drug-likeness (QED) is 0.543. The molecule has 1 atom stereocenters. The van der Waals surface area contributed by atoms with Gasteiger partial charge in [0.15, 0.2) is 0 Å². The van der Waals surface area contributed by atoms with Crippen molar-refractivity contribution in [1.82, 2.24) is 4.90 Å². The predicted octanol–water partition coefficient (Wildman–Crippen LogP) is 1.58. The Morgan fingerprint density at radius 1 is 1.37 bits per heavy atom. The number of carbonyl (C=O) groups is 2. The van der Waals surface area contributed by atoms with Crippen molar-refractivity contribution in [3.05, 3.63) is 0 Å². The molecule has 0 spiro atoms. The summed E-state index contributed by atoms with van der Waals surface area (Å²) < 4.78 is 15.2. The van der Waals surface area contributed by atoms with Crippen molar-refractivity contribution in [2.24, 2.45) is 0 Å². The highest BCUT2D eigenvalue weighted by atomic mass is 16.6. The maximum absolute atomic E-state index is 12.0. The molecule has 6 nitrogen and oxygen atoms in total. The second-order valence-electron chi connectivity index (χ2n) is 5.45. The Bertz CT molecular complexity index is 319. The van der Waals surface area contributed by atoms with Crippen LogP contribution in [0.1, 0.15) is 34.1 Å². The maximum Gasteiger partial charge on any atom is 0.410 e. The number of nitrogens with zero attached hydrogens (tertiary/aromatic N) is 1. The number of carbonyl (C=O) groups excluding carboxylic acids is 2. The van der Waals surface area contributed by atoms with E-state index in [4.69, 9.17) is 14.2 Å². The molecule has 0 aromatic rings. The number of ether oxygens (including phenoxy) is 3. The molecular weight excluding hydrogens is 250 g/mol. The lowest BCUT2D eigenvalue weighted by atomic mass is 10.2. The van der Waals surface area contributed by atoms with E-state index in [9.17, 15) is 9.59 Å². The van der Waals surface area contributed by atoms with Crippen LogP contribution in [0.4, 0.5) is 4.79 Å². The van der Waals surface area contributed by atoms with Crippen molar-refractivity contribution in [1.29, 1.82) is 0 Å². The molecule has 0 N–H and O–H groups in total. The molecule has 1 unspecified atom stereocenters. The molecule has 0 aromatic heterocycles. The number of hydrogen-bond acceptors (Lipinski definition) is 5. The lowest BCUT2D eigenvalue weighted by Gasteiger charge is -2.26. The van der Waals surface area contributed by atoms with E-state index in [0.717, 1.165) is 6.61 Å². The summed E-state index contributed by atoms with van der Waals surface area (Å²) in [6, 6.07) is 0. The highest BCUT2D eigenvalue weighted by molar-refractivity contribution is 5.78. The summed E-state index contributed by atoms with van der Waals surface area (Å²) >= 11 is 0. The summed E-state index contributed by atoms with van der Waals surface area (Å²) in [6.07, 6.45) is 0.409. The fraction of sp³-hybridized carbons (Fsp3) is 0.846. The molecule has 0 saturated carbocycles. The van der Waals surface area contributed by atoms with E-state index in [1.165, 1.54) is 4.90 Å². The summed E-state index contributed by atoms with van der Waals surface area (Å²) in [7, 11) is 0. The number of rotatable bonds is 6. The molecule has 0 aliphatic carbocycles. The van der Waals surface area contributed by atoms with E-state index >= 15 is 0 Å². The van der Waals surface area contributed by atoms with Crippen molar-refractivity contribution in [2.75, 3.05) is 26.3 Å². The van der Waals surface area contributed by atoms with E-state index in [2.05, 4.69) is 0 Å². The number of epoxide rings is 1. The van der Waals surface area contributed by atoms with E-state index in [1.807, 2.05) is 0 Å². The molecule has 0 bridgehead atoms. The first kappa shape index (κ1) is 15.8. The Morgan fingerprint density at radius 2 is 2.00 bits per heavy atom. The van der Waals surface area contributed by atoms with E-state index < -0.39 is 17.7 Å². The van der Waals surface area contributed by atoms with E-state index in [1.54, 1.807) is 27.7 Å². The number of amides is 1. The minimum Gasteiger partial charge on any atom is -0.465 e. The number of esters is 1. The zero-order chi connectivity index (χ0) is 14.5. The van der Waals surface area contributed by atoms with Crippen LogP contribution in [-0.4, -0.2) is 55.0 Å². The molecule has 1 amide bonds. The first-order valence-corrected chi connectivity index (χ1v) is 6.57. The topological polar surface area (TPSA) is 68.4 Å². The number of hydrogen-bond donors (Lipinski definition) is 0. The first-order chi connectivity index (χ1) is 8.81. The fourth-order valence-electron chi connectivity index (χ4n) is 1.46. The second-order valence-corrected chi connectivity index (χ2v) is 5.45. The zero-order valence-corrected chi connectivity index (χ0v) is 12.1. The van der Waals surface area contributed by atoms with Gasteiger partial charge >= 0.3 is 12.1 Å². The average molecular weight is 273 g/mol. The van der Waals surface area contributed by atoms with Gasteiger partial charge in [-0.2, -0.15) is 0 Å². The van der Waals surface area contributed by atoms with Crippen LogP contribution in [0.25, 0.3) is 0 Å². The van der Waals surface area contributed by atoms with Crippen molar-refractivity contribution in [2.45, 2.75) is 45.8 Å². The smallest absolute Gasteiger partial charge is 0.410 e. The van der Waals surface area contributed by atoms with Crippen molar-refractivity contribution in [3.63, 3.8) is 0 Å². The van der Waals surface area contributed by atoms with Gasteiger partial charge in [-0.3, -0.25) is 9.69 Å². The van der Waals surface area contributed by atoms with Gasteiger partial charge in [0, 0.05) is 6.54 Å². The van der Waals surface area contributed by atoms with Gasteiger partial charge < -0.3 is 14.2 Å². The van der Waals surface area contributed by atoms with E-state index in [-0.39, 0.29) is 12.6 Å². The third kappa shape index (κ3) is 7.00. The fourth-order valence-corrected chi connectivity index (χ4v) is 1.46. The standard InChI is InChI=1S/C13H23NO5/c1-5-17-11(15)8-14(7-6-10-9-18-10)12(16)19-13(2,3)4/h10H,5-9H2,1-4H3. The Morgan fingerprint density at radius 3 is 2.47 bits per heavy atom. The van der Waals surface area contributed by atoms with Crippen LogP contribution in [-0.2, 0) is 19.0 Å². The van der Waals surface area contributed by atoms with Crippen LogP contribution in [0.5, 0.6) is 0 Å². The minimum absolute atomic E-state index is 0.0878. The van der Waals surface area contributed by atoms with E-state index in [0.29, 0.717) is 19.6 Å². The highest BCUT2D eigenvalue weighted by Gasteiger charge is 2.28. The summed E-state index contributed by atoms with van der Waals surface area (Å²) in [5.41, 5.74) is -0.583. The van der Waals surface area contributed by atoms with Gasteiger partial charge in [0.1, 0.15) is 12.1 Å². The Kier molecular flexibility index (Phi) is 5.60. The van der Waals surface area contributed by atoms with Crippen LogP contribution in [0.15, 0.2) is 0 Å². The van der Waals surface area contributed by atoms with Crippen molar-refractivity contribution < 1.29 is 23.8 Å². The van der Waals surface area contributed by atoms with Crippen molar-refractivity contribution in [3.8, 4) is 0 Å². The molecule has 0 radical (unpaired) electrons. The zero-order valence-electron chi connectivity index (χ0n) is 12.1. The highest BCUT2D eigenvalue weighted by Crippen LogP contribution is 2.16. The van der Waals surface area contributed by atoms with Crippen LogP contribution >= 0.6 is 0 Å². The molecule has 6 heteroatoms. The molecule has 1 rings (SSSR count). The lowest BCUT2D eigenvalue weighted by Crippen LogP contribution is -2.41. The Labute approximate surface area is 114 Å². The minimum atomic E-state index is -0.583. The molecule has 0 aromatic carbocycles. The molecule has 1 aliphatic rings. The summed E-state index contributed by atoms with van der Waals surface area (Å²) in [5, 5.41) is 0. The molecular formula is C13H23NO5. The summed E-state index contributed by atoms with van der Waals surface area (Å²) in [5.74, 6) is -0.426. The summed E-state index contributed by atoms with van der Waals surface area (Å²) in [6.45, 7) is 8.46. The van der Waals surface area contributed by atoms with Crippen LogP contribution in [0.2, 0.25) is 0 Å². The SMILES string of the molecule is CCOC(=O)CN(CCC1CO1)C(=O)OC(C)(C)C. The average Bonchev–Trinajstić information content (AvgIpc) is 3.05. The van der Waals surface area contributed by atoms with Gasteiger partial charge in [0.2, 0.25) is 0 Å². The molecule has 110 valence electrons. The molecule has 1 heterocycles. The summed E-state index contributed by atoms with van der Waals surface area (Å²) in [4.78, 5) is 24.8. The van der Waals surface area contributed by atoms with Gasteiger partial charge in [-0.15, -0.1) is 0 Å². The van der Waals surface area contributed by atoms with Crippen molar-refractivity contribution >= 4 is 12.1 Å². The molecule has 1 saturated heterocycles. The predicted molar refractivity (Wildman–Crippen MR) is 68.8 cm³/mol. The Balaban J connectivity index is 2.50. The van der Waals surface area contributed by atoms with Gasteiger partial charge in [0.25, 0.3) is 0 Å². The first-order valence-electron chi connectivity index (χ1n) is 6.57. The van der Waals surface area contributed by atoms with Gasteiger partial charge in [-0.25, -0.2) is 4.79 Å². The van der Waals surface area contributed by atoms with Gasteiger partial charge in [-0.05, 0) is 34.1 Å². The normalized spacial score (nSPS) is 17.8. The maximum atomic E-state index is 12.0. The second kappa shape index (κ2) is 6.75. The van der Waals surface area contributed by atoms with Gasteiger partial charge in [-0.1, -0.05) is 0 Å². The third-order valence-electron chi connectivity index (χ3n) is 2.40. The third-order valence-corrected chi connectivity index (χ3v) is 2.40. The molecule has 1 aliphatic heterocycles. The van der Waals surface area contributed by atoms with Crippen LogP contribution in [0, 0.1) is 0 Å². The monoisotopic (exact) mass is 273 g/mol. The molecule has 19 heavy (non-hydrogen) atoms. The molecule has 1 fully saturated rings. The lowest BCUT2D eigenvalue weighted by molar-refractivity contribution is -0.144. The largest absolute Gasteiger partial charge is 0.465 e. The van der Waals surface area contributed by atoms with Gasteiger partial charge in [0.05, 0.1) is 19.3 Å². The van der Waals surface area contributed by atoms with Crippen LogP contribution < -0.4 is 0 Å².